The third-order valence-corrected chi connectivity index (χ3v) is 8.99. The molecule has 0 spiro atoms. The van der Waals surface area contributed by atoms with Crippen LogP contribution in [0.25, 0.3) is 22.3 Å². The predicted molar refractivity (Wildman–Crippen MR) is 185 cm³/mol. The van der Waals surface area contributed by atoms with E-state index >= 15 is 0 Å². The van der Waals surface area contributed by atoms with E-state index in [2.05, 4.69) is 147 Å². The molecule has 0 aliphatic carbocycles. The van der Waals surface area contributed by atoms with Gasteiger partial charge in [-0.05, 0) is 93.0 Å². The van der Waals surface area contributed by atoms with Crippen LogP contribution < -0.4 is 0 Å². The molecule has 0 saturated carbocycles. The Hall–Kier alpha value is -3.28. The molecule has 0 N–H and O–H groups in total. The van der Waals surface area contributed by atoms with Crippen molar-refractivity contribution in [3.8, 4) is 22.3 Å². The second-order valence-electron chi connectivity index (χ2n) is 10.0. The highest BCUT2D eigenvalue weighted by Crippen LogP contribution is 2.50. The summed E-state index contributed by atoms with van der Waals surface area (Å²) in [7, 11) is 0. The Morgan fingerprint density at radius 3 is 1.05 bits per heavy atom. The Kier molecular flexibility index (Phi) is 8.10. The average Bonchev–Trinajstić information content (AvgIpc) is 3.01. The summed E-state index contributed by atoms with van der Waals surface area (Å²) >= 11 is 19.2. The van der Waals surface area contributed by atoms with Gasteiger partial charge in [0.25, 0.3) is 0 Å². The molecule has 0 aliphatic rings. The third kappa shape index (κ3) is 5.38. The molecule has 41 heavy (non-hydrogen) atoms. The molecule has 0 aliphatic heterocycles. The molecule has 6 rings (SSSR count). The van der Waals surface area contributed by atoms with Crippen molar-refractivity contribution >= 4 is 50.5 Å². The number of hydrogen-bond acceptors (Lipinski definition) is 4. The van der Waals surface area contributed by atoms with Crippen molar-refractivity contribution < 1.29 is 0 Å². The van der Waals surface area contributed by atoms with Gasteiger partial charge in [-0.3, -0.25) is 0 Å². The Morgan fingerprint density at radius 1 is 0.341 bits per heavy atom. The molecule has 0 heterocycles. The van der Waals surface area contributed by atoms with Crippen molar-refractivity contribution in [1.82, 2.24) is 0 Å². The van der Waals surface area contributed by atoms with Gasteiger partial charge in [0.15, 0.2) is 0 Å². The monoisotopic (exact) mass is 600 g/mol. The number of hydrogen-bond donors (Lipinski definition) is 4. The van der Waals surface area contributed by atoms with E-state index in [0.29, 0.717) is 0 Å². The van der Waals surface area contributed by atoms with Gasteiger partial charge in [0.05, 0.1) is 5.41 Å². The van der Waals surface area contributed by atoms with Crippen LogP contribution in [0.15, 0.2) is 165 Å². The Morgan fingerprint density at radius 2 is 0.683 bits per heavy atom. The molecular formula is C37H28S4. The van der Waals surface area contributed by atoms with Gasteiger partial charge in [-0.2, -0.15) is 0 Å². The van der Waals surface area contributed by atoms with Gasteiger partial charge in [-0.25, -0.2) is 0 Å². The number of rotatable bonds is 6. The van der Waals surface area contributed by atoms with Crippen LogP contribution in [0.2, 0.25) is 0 Å². The minimum absolute atomic E-state index is 0.699. The first-order valence-corrected chi connectivity index (χ1v) is 15.1. The third-order valence-electron chi connectivity index (χ3n) is 7.62. The standard InChI is InChI=1S/C37H28S4/c38-31-17-11-25(12-18-31)27-15-21-35(40)33(23-27)37(29-7-3-1-4-8-29,30-9-5-2-6-10-30)34-24-28(16-22-36(34)41)26-13-19-32(39)20-14-26/h1-24,38-41H. The molecule has 0 amide bonds. The van der Waals surface area contributed by atoms with Crippen LogP contribution in [0.1, 0.15) is 22.3 Å². The lowest BCUT2D eigenvalue weighted by atomic mass is 9.64. The summed E-state index contributed by atoms with van der Waals surface area (Å²) in [4.78, 5) is 3.69. The van der Waals surface area contributed by atoms with E-state index < -0.39 is 5.41 Å². The van der Waals surface area contributed by atoms with Gasteiger partial charge in [-0.15, -0.1) is 50.5 Å². The van der Waals surface area contributed by atoms with E-state index in [9.17, 15) is 0 Å². The summed E-state index contributed by atoms with van der Waals surface area (Å²) in [6, 6.07) is 51.0. The van der Waals surface area contributed by atoms with Gasteiger partial charge in [0.1, 0.15) is 0 Å². The molecule has 200 valence electrons. The van der Waals surface area contributed by atoms with Gasteiger partial charge >= 0.3 is 0 Å². The first kappa shape index (κ1) is 27.9. The van der Waals surface area contributed by atoms with Gasteiger partial charge in [-0.1, -0.05) is 97.1 Å². The van der Waals surface area contributed by atoms with Gasteiger partial charge in [0.2, 0.25) is 0 Å². The average molecular weight is 601 g/mol. The fourth-order valence-corrected chi connectivity index (χ4v) is 6.56. The largest absolute Gasteiger partial charge is 0.143 e. The highest BCUT2D eigenvalue weighted by atomic mass is 32.1. The lowest BCUT2D eigenvalue weighted by Gasteiger charge is -2.39. The molecule has 0 atom stereocenters. The summed E-state index contributed by atoms with van der Waals surface area (Å²) in [5.74, 6) is 0. The quantitative estimate of drug-likeness (QED) is 0.106. The summed E-state index contributed by atoms with van der Waals surface area (Å²) in [5, 5.41) is 0. The molecule has 6 aromatic carbocycles. The van der Waals surface area contributed by atoms with Crippen molar-refractivity contribution in [2.45, 2.75) is 25.0 Å². The van der Waals surface area contributed by atoms with Crippen molar-refractivity contribution in [1.29, 1.82) is 0 Å². The lowest BCUT2D eigenvalue weighted by molar-refractivity contribution is 0.713. The number of thiol groups is 4. The molecule has 0 bridgehead atoms. The molecule has 0 nitrogen and oxygen atoms in total. The van der Waals surface area contributed by atoms with E-state index in [1.165, 1.54) is 0 Å². The molecule has 4 heteroatoms. The van der Waals surface area contributed by atoms with E-state index in [4.69, 9.17) is 25.3 Å². The maximum absolute atomic E-state index is 5.11. The Balaban J connectivity index is 1.72. The molecule has 0 aromatic heterocycles. The second-order valence-corrected chi connectivity index (χ2v) is 12.0. The predicted octanol–water partition coefficient (Wildman–Crippen LogP) is 10.6. The van der Waals surface area contributed by atoms with E-state index in [1.807, 2.05) is 24.3 Å². The zero-order chi connectivity index (χ0) is 28.4. The summed E-state index contributed by atoms with van der Waals surface area (Å²) in [6.07, 6.45) is 0. The summed E-state index contributed by atoms with van der Waals surface area (Å²) in [5.41, 5.74) is 8.23. The Bertz CT molecular complexity index is 1660. The fourth-order valence-electron chi connectivity index (χ4n) is 5.65. The molecule has 0 unspecified atom stereocenters. The first-order chi connectivity index (χ1) is 20.0. The topological polar surface area (TPSA) is 0 Å². The van der Waals surface area contributed by atoms with E-state index in [0.717, 1.165) is 64.1 Å². The maximum atomic E-state index is 5.11. The summed E-state index contributed by atoms with van der Waals surface area (Å²) < 4.78 is 0. The van der Waals surface area contributed by atoms with Crippen LogP contribution in [0, 0.1) is 0 Å². The van der Waals surface area contributed by atoms with E-state index in [-0.39, 0.29) is 0 Å². The fraction of sp³-hybridized carbons (Fsp3) is 0.0270. The van der Waals surface area contributed by atoms with Gasteiger partial charge in [0, 0.05) is 19.6 Å². The van der Waals surface area contributed by atoms with Crippen LogP contribution in [0.5, 0.6) is 0 Å². The maximum Gasteiger partial charge on any atom is 0.0723 e. The second kappa shape index (κ2) is 11.9. The van der Waals surface area contributed by atoms with Crippen molar-refractivity contribution in [3.63, 3.8) is 0 Å². The van der Waals surface area contributed by atoms with E-state index in [1.54, 1.807) is 0 Å². The van der Waals surface area contributed by atoms with Gasteiger partial charge < -0.3 is 0 Å². The van der Waals surface area contributed by atoms with Crippen LogP contribution >= 0.6 is 50.5 Å². The molecule has 0 radical (unpaired) electrons. The smallest absolute Gasteiger partial charge is 0.0723 e. The SMILES string of the molecule is Sc1ccc(-c2ccc(S)c(C(c3ccccc3)(c3ccccc3)c3cc(-c4ccc(S)cc4)ccc3S)c2)cc1. The molecular weight excluding hydrogens is 573 g/mol. The van der Waals surface area contributed by atoms with Crippen LogP contribution in [-0.4, -0.2) is 0 Å². The minimum Gasteiger partial charge on any atom is -0.143 e. The molecule has 0 fully saturated rings. The zero-order valence-corrected chi connectivity index (χ0v) is 25.7. The highest BCUT2D eigenvalue weighted by molar-refractivity contribution is 7.80. The normalized spacial score (nSPS) is 11.4. The molecule has 0 saturated heterocycles. The minimum atomic E-state index is -0.699. The highest BCUT2D eigenvalue weighted by Gasteiger charge is 2.41. The Labute approximate surface area is 264 Å². The van der Waals surface area contributed by atoms with Crippen molar-refractivity contribution in [2.75, 3.05) is 0 Å². The first-order valence-electron chi connectivity index (χ1n) is 13.3. The summed E-state index contributed by atoms with van der Waals surface area (Å²) in [6.45, 7) is 0. The van der Waals surface area contributed by atoms with Crippen LogP contribution in [0.3, 0.4) is 0 Å². The van der Waals surface area contributed by atoms with Crippen LogP contribution in [-0.2, 0) is 5.41 Å². The zero-order valence-electron chi connectivity index (χ0n) is 22.1. The van der Waals surface area contributed by atoms with Crippen molar-refractivity contribution in [3.05, 3.63) is 168 Å². The van der Waals surface area contributed by atoms with Crippen molar-refractivity contribution in [2.24, 2.45) is 0 Å². The van der Waals surface area contributed by atoms with Crippen LogP contribution in [0.4, 0.5) is 0 Å². The molecule has 6 aromatic rings. The lowest BCUT2D eigenvalue weighted by Crippen LogP contribution is -2.32. The number of benzene rings is 6.